The van der Waals surface area contributed by atoms with Crippen molar-refractivity contribution in [2.45, 2.75) is 13.8 Å². The van der Waals surface area contributed by atoms with Gasteiger partial charge in [-0.1, -0.05) is 35.7 Å². The van der Waals surface area contributed by atoms with Crippen LogP contribution in [0.3, 0.4) is 0 Å². The van der Waals surface area contributed by atoms with E-state index in [9.17, 15) is 4.79 Å². The van der Waals surface area contributed by atoms with E-state index in [0.717, 1.165) is 26.5 Å². The number of hydrogen-bond donors (Lipinski definition) is 2. The van der Waals surface area contributed by atoms with E-state index in [1.165, 1.54) is 23.1 Å². The third-order valence-electron chi connectivity index (χ3n) is 5.29. The van der Waals surface area contributed by atoms with Crippen molar-refractivity contribution in [3.05, 3.63) is 87.2 Å². The van der Waals surface area contributed by atoms with Gasteiger partial charge in [0.25, 0.3) is 5.91 Å². The molecule has 38 heavy (non-hydrogen) atoms. The average Bonchev–Trinajstić information content (AvgIpc) is 3.39. The van der Waals surface area contributed by atoms with Gasteiger partial charge in [0.05, 0.1) is 18.5 Å². The first-order valence-electron chi connectivity index (χ1n) is 11.7. The molecule has 9 heteroatoms. The molecule has 0 aliphatic carbocycles. The van der Waals surface area contributed by atoms with E-state index >= 15 is 0 Å². The fourth-order valence-corrected chi connectivity index (χ4v) is 4.56. The Morgan fingerprint density at radius 3 is 2.58 bits per heavy atom. The fraction of sp³-hybridized carbons (Fsp3) is 0.138. The minimum Gasteiger partial charge on any atom is -0.490 e. The molecule has 0 aliphatic heterocycles. The number of amides is 1. The van der Waals surface area contributed by atoms with E-state index in [1.54, 1.807) is 24.3 Å². The number of nitrogens with zero attached hydrogens (tertiary/aromatic N) is 2. The molecule has 0 saturated carbocycles. The number of ether oxygens (including phenoxy) is 2. The van der Waals surface area contributed by atoms with Gasteiger partial charge in [0.2, 0.25) is 0 Å². The summed E-state index contributed by atoms with van der Waals surface area (Å²) in [6.45, 7) is 4.52. The number of aromatic nitrogens is 1. The third-order valence-corrected chi connectivity index (χ3v) is 6.74. The number of benzene rings is 3. The Morgan fingerprint density at radius 1 is 1.13 bits per heavy atom. The quantitative estimate of drug-likeness (QED) is 0.121. The maximum Gasteiger partial charge on any atom is 0.271 e. The molecule has 4 aromatic rings. The Balaban J connectivity index is 1.38. The zero-order valence-corrected chi connectivity index (χ0v) is 23.2. The third kappa shape index (κ3) is 7.00. The molecule has 2 N–H and O–H groups in total. The van der Waals surface area contributed by atoms with Crippen molar-refractivity contribution in [3.63, 3.8) is 0 Å². The maximum atomic E-state index is 12.6. The van der Waals surface area contributed by atoms with E-state index < -0.39 is 0 Å². The lowest BCUT2D eigenvalue weighted by atomic mass is 10.1. The molecule has 1 aromatic heterocycles. The van der Waals surface area contributed by atoms with Crippen LogP contribution in [-0.2, 0) is 0 Å². The monoisotopic (exact) mass is 588 g/mol. The summed E-state index contributed by atoms with van der Waals surface area (Å²) in [5.41, 5.74) is 7.67. The van der Waals surface area contributed by atoms with Crippen LogP contribution in [0.2, 0.25) is 0 Å². The van der Waals surface area contributed by atoms with Gasteiger partial charge < -0.3 is 14.8 Å². The molecule has 7 nitrogen and oxygen atoms in total. The molecule has 1 amide bonds. The van der Waals surface area contributed by atoms with Crippen LogP contribution in [0.1, 0.15) is 28.4 Å². The zero-order valence-electron chi connectivity index (χ0n) is 20.8. The van der Waals surface area contributed by atoms with E-state index in [-0.39, 0.29) is 12.5 Å². The van der Waals surface area contributed by atoms with Crippen molar-refractivity contribution in [1.29, 1.82) is 0 Å². The van der Waals surface area contributed by atoms with Crippen molar-refractivity contribution >= 4 is 50.2 Å². The normalized spacial score (nSPS) is 10.7. The smallest absolute Gasteiger partial charge is 0.271 e. The molecule has 0 aliphatic rings. The number of thiazole rings is 1. The SMILES string of the molecule is C#CCOc1cc(Br)c(/C=N\NC(=O)c2ccc(-c3csc(Nc4ccc(C)cc4)n3)cc2)cc1OCC. The molecule has 0 fully saturated rings. The van der Waals surface area contributed by atoms with Crippen molar-refractivity contribution in [3.8, 4) is 35.1 Å². The van der Waals surface area contributed by atoms with Crippen LogP contribution in [0.4, 0.5) is 10.8 Å². The number of halogens is 1. The van der Waals surface area contributed by atoms with Gasteiger partial charge in [-0.05, 0) is 66.2 Å². The summed E-state index contributed by atoms with van der Waals surface area (Å²) in [6.07, 6.45) is 6.81. The highest BCUT2D eigenvalue weighted by Crippen LogP contribution is 2.33. The minimum atomic E-state index is -0.331. The lowest BCUT2D eigenvalue weighted by molar-refractivity contribution is 0.0955. The highest BCUT2D eigenvalue weighted by molar-refractivity contribution is 9.10. The van der Waals surface area contributed by atoms with Crippen LogP contribution in [0.5, 0.6) is 11.5 Å². The molecular weight excluding hydrogens is 564 g/mol. The Kier molecular flexibility index (Phi) is 9.14. The number of aryl methyl sites for hydroxylation is 1. The van der Waals surface area contributed by atoms with Crippen molar-refractivity contribution in [2.75, 3.05) is 18.5 Å². The average molecular weight is 590 g/mol. The fourth-order valence-electron chi connectivity index (χ4n) is 3.39. The first-order valence-corrected chi connectivity index (χ1v) is 13.4. The molecule has 3 aromatic carbocycles. The molecule has 4 rings (SSSR count). The molecular formula is C29H25BrN4O3S. The van der Waals surface area contributed by atoms with E-state index in [4.69, 9.17) is 15.9 Å². The van der Waals surface area contributed by atoms with Gasteiger partial charge in [-0.3, -0.25) is 4.79 Å². The molecule has 0 unspecified atom stereocenters. The highest BCUT2D eigenvalue weighted by atomic mass is 79.9. The standard InChI is InChI=1S/C29H25BrN4O3S/c1-4-14-37-27-16-24(30)22(15-26(27)36-5-2)17-31-34-28(35)21-10-8-20(9-11-21)25-18-38-29(33-25)32-23-12-6-19(3)7-13-23/h1,6-13,15-18H,5,14H2,2-3H3,(H,32,33)(H,34,35)/b31-17-. The number of terminal acetylenes is 1. The largest absolute Gasteiger partial charge is 0.490 e. The van der Waals surface area contributed by atoms with E-state index in [1.807, 2.05) is 36.6 Å². The molecule has 0 bridgehead atoms. The van der Waals surface area contributed by atoms with Gasteiger partial charge in [-0.15, -0.1) is 17.8 Å². The predicted molar refractivity (Wildman–Crippen MR) is 157 cm³/mol. The lowest BCUT2D eigenvalue weighted by Crippen LogP contribution is -2.17. The summed E-state index contributed by atoms with van der Waals surface area (Å²) in [7, 11) is 0. The Hall–Kier alpha value is -4.13. The summed E-state index contributed by atoms with van der Waals surface area (Å²) in [5.74, 6) is 3.16. The van der Waals surface area contributed by atoms with Crippen LogP contribution in [0.15, 0.2) is 75.6 Å². The van der Waals surface area contributed by atoms with Gasteiger partial charge >= 0.3 is 0 Å². The van der Waals surface area contributed by atoms with E-state index in [0.29, 0.717) is 29.2 Å². The van der Waals surface area contributed by atoms with Crippen LogP contribution in [-0.4, -0.2) is 30.3 Å². The van der Waals surface area contributed by atoms with Crippen LogP contribution >= 0.6 is 27.3 Å². The summed E-state index contributed by atoms with van der Waals surface area (Å²) < 4.78 is 11.9. The number of carbonyl (C=O) groups excluding carboxylic acids is 1. The first kappa shape index (κ1) is 26.9. The second-order valence-electron chi connectivity index (χ2n) is 8.05. The van der Waals surface area contributed by atoms with Crippen LogP contribution < -0.4 is 20.2 Å². The van der Waals surface area contributed by atoms with Gasteiger partial charge in [0.1, 0.15) is 6.61 Å². The minimum absolute atomic E-state index is 0.128. The number of nitrogens with one attached hydrogen (secondary N) is 2. The number of carbonyl (C=O) groups is 1. The zero-order chi connectivity index (χ0) is 26.9. The second-order valence-corrected chi connectivity index (χ2v) is 9.76. The van der Waals surface area contributed by atoms with Gasteiger partial charge in [0, 0.05) is 32.2 Å². The highest BCUT2D eigenvalue weighted by Gasteiger charge is 2.11. The van der Waals surface area contributed by atoms with Gasteiger partial charge in [0.15, 0.2) is 16.6 Å². The van der Waals surface area contributed by atoms with Crippen LogP contribution in [0, 0.1) is 19.3 Å². The summed E-state index contributed by atoms with van der Waals surface area (Å²) in [6, 6.07) is 18.9. The molecule has 0 atom stereocenters. The van der Waals surface area contributed by atoms with Gasteiger partial charge in [-0.2, -0.15) is 5.10 Å². The van der Waals surface area contributed by atoms with Crippen molar-refractivity contribution < 1.29 is 14.3 Å². The first-order chi connectivity index (χ1) is 18.5. The molecule has 0 spiro atoms. The topological polar surface area (TPSA) is 84.8 Å². The summed E-state index contributed by atoms with van der Waals surface area (Å²) in [4.78, 5) is 17.3. The van der Waals surface area contributed by atoms with E-state index in [2.05, 4.69) is 61.7 Å². The second kappa shape index (κ2) is 12.9. The summed E-state index contributed by atoms with van der Waals surface area (Å²) >= 11 is 5.01. The van der Waals surface area contributed by atoms with Crippen molar-refractivity contribution in [1.82, 2.24) is 10.4 Å². The number of anilines is 2. The molecule has 192 valence electrons. The number of hydrogen-bond acceptors (Lipinski definition) is 7. The number of rotatable bonds is 10. The maximum absolute atomic E-state index is 12.6. The van der Waals surface area contributed by atoms with Crippen molar-refractivity contribution in [2.24, 2.45) is 5.10 Å². The molecule has 1 heterocycles. The lowest BCUT2D eigenvalue weighted by Gasteiger charge is -2.12. The molecule has 0 saturated heterocycles. The van der Waals surface area contributed by atoms with Gasteiger partial charge in [-0.25, -0.2) is 10.4 Å². The van der Waals surface area contributed by atoms with Crippen LogP contribution in [0.25, 0.3) is 11.3 Å². The Bertz CT molecular complexity index is 1480. The summed E-state index contributed by atoms with van der Waals surface area (Å²) in [5, 5.41) is 10.2. The predicted octanol–water partition coefficient (Wildman–Crippen LogP) is 6.80. The number of hydrazone groups is 1. The Morgan fingerprint density at radius 2 is 1.87 bits per heavy atom. The molecule has 0 radical (unpaired) electrons. The Labute approximate surface area is 234 Å².